The van der Waals surface area contributed by atoms with Gasteiger partial charge in [0.25, 0.3) is 5.91 Å². The van der Waals surface area contributed by atoms with Crippen LogP contribution in [0.15, 0.2) is 60.7 Å². The van der Waals surface area contributed by atoms with E-state index in [0.717, 1.165) is 29.7 Å². The normalized spacial score (nSPS) is 18.2. The van der Waals surface area contributed by atoms with E-state index in [1.807, 2.05) is 58.1 Å². The first-order valence-corrected chi connectivity index (χ1v) is 11.2. The molecule has 2 heterocycles. The molecule has 32 heavy (non-hydrogen) atoms. The number of carbonyl (C=O) groups excluding carboxylic acids is 2. The SMILES string of the molecule is O=C(NCC1CC(=O)N(Cc2ccccc2)C1)c1nnn(Cc2ccccc2)c1C1CC1. The molecule has 0 spiro atoms. The molecule has 0 radical (unpaired) electrons. The smallest absolute Gasteiger partial charge is 0.273 e. The van der Waals surface area contributed by atoms with Crippen molar-refractivity contribution >= 4 is 11.8 Å². The minimum atomic E-state index is -0.194. The summed E-state index contributed by atoms with van der Waals surface area (Å²) >= 11 is 0. The van der Waals surface area contributed by atoms with Crippen LogP contribution >= 0.6 is 0 Å². The number of nitrogens with zero attached hydrogens (tertiary/aromatic N) is 4. The van der Waals surface area contributed by atoms with E-state index in [9.17, 15) is 9.59 Å². The number of hydrogen-bond donors (Lipinski definition) is 1. The Morgan fingerprint density at radius 1 is 0.969 bits per heavy atom. The second-order valence-electron chi connectivity index (χ2n) is 8.78. The van der Waals surface area contributed by atoms with Gasteiger partial charge in [-0.25, -0.2) is 4.68 Å². The number of nitrogens with one attached hydrogen (secondary N) is 1. The van der Waals surface area contributed by atoms with Gasteiger partial charge in [-0.3, -0.25) is 9.59 Å². The predicted octanol–water partition coefficient (Wildman–Crippen LogP) is 2.98. The second-order valence-corrected chi connectivity index (χ2v) is 8.78. The molecule has 7 nitrogen and oxygen atoms in total. The van der Waals surface area contributed by atoms with Gasteiger partial charge in [-0.05, 0) is 24.0 Å². The summed E-state index contributed by atoms with van der Waals surface area (Å²) < 4.78 is 1.86. The van der Waals surface area contributed by atoms with Crippen molar-refractivity contribution in [1.29, 1.82) is 0 Å². The summed E-state index contributed by atoms with van der Waals surface area (Å²) in [5.41, 5.74) is 3.61. The minimum absolute atomic E-state index is 0.110. The maximum atomic E-state index is 12.9. The van der Waals surface area contributed by atoms with Crippen molar-refractivity contribution < 1.29 is 9.59 Å². The lowest BCUT2D eigenvalue weighted by molar-refractivity contribution is -0.128. The molecule has 1 aliphatic heterocycles. The van der Waals surface area contributed by atoms with Crippen molar-refractivity contribution in [3.8, 4) is 0 Å². The van der Waals surface area contributed by atoms with E-state index >= 15 is 0 Å². The number of benzene rings is 2. The molecule has 7 heteroatoms. The lowest BCUT2D eigenvalue weighted by Gasteiger charge is -2.17. The van der Waals surface area contributed by atoms with Crippen LogP contribution in [0.2, 0.25) is 0 Å². The topological polar surface area (TPSA) is 80.1 Å². The number of hydrogen-bond acceptors (Lipinski definition) is 4. The largest absolute Gasteiger partial charge is 0.350 e. The molecule has 2 fully saturated rings. The van der Waals surface area contributed by atoms with Gasteiger partial charge in [-0.15, -0.1) is 5.10 Å². The quantitative estimate of drug-likeness (QED) is 0.597. The molecule has 2 amide bonds. The van der Waals surface area contributed by atoms with Crippen LogP contribution in [0.3, 0.4) is 0 Å². The Labute approximate surface area is 187 Å². The fourth-order valence-electron chi connectivity index (χ4n) is 4.38. The van der Waals surface area contributed by atoms with Gasteiger partial charge in [0.2, 0.25) is 5.91 Å². The highest BCUT2D eigenvalue weighted by Gasteiger charge is 2.35. The number of rotatable bonds is 8. The van der Waals surface area contributed by atoms with Crippen LogP contribution in [0.5, 0.6) is 0 Å². The van der Waals surface area contributed by atoms with Gasteiger partial charge in [-0.1, -0.05) is 65.9 Å². The van der Waals surface area contributed by atoms with Crippen LogP contribution in [0.4, 0.5) is 0 Å². The molecule has 1 N–H and O–H groups in total. The van der Waals surface area contributed by atoms with E-state index in [0.29, 0.717) is 44.2 Å². The van der Waals surface area contributed by atoms with Crippen LogP contribution in [-0.2, 0) is 17.9 Å². The molecule has 3 aromatic rings. The molecule has 5 rings (SSSR count). The molecule has 1 aliphatic carbocycles. The van der Waals surface area contributed by atoms with Gasteiger partial charge in [0.15, 0.2) is 5.69 Å². The molecule has 1 saturated carbocycles. The number of likely N-dealkylation sites (tertiary alicyclic amines) is 1. The highest BCUT2D eigenvalue weighted by molar-refractivity contribution is 5.93. The first kappa shape index (κ1) is 20.4. The molecule has 1 aromatic heterocycles. The van der Waals surface area contributed by atoms with Gasteiger partial charge in [0, 0.05) is 37.9 Å². The minimum Gasteiger partial charge on any atom is -0.350 e. The summed E-state index contributed by atoms with van der Waals surface area (Å²) in [6.45, 7) is 2.35. The Morgan fingerprint density at radius 2 is 1.62 bits per heavy atom. The average molecular weight is 430 g/mol. The Balaban J connectivity index is 1.21. The first-order valence-electron chi connectivity index (χ1n) is 11.2. The maximum absolute atomic E-state index is 12.9. The van der Waals surface area contributed by atoms with Crippen molar-refractivity contribution in [2.24, 2.45) is 5.92 Å². The lowest BCUT2D eigenvalue weighted by atomic mass is 10.1. The van der Waals surface area contributed by atoms with Crippen molar-refractivity contribution in [1.82, 2.24) is 25.2 Å². The molecule has 2 aliphatic rings. The number of aromatic nitrogens is 3. The van der Waals surface area contributed by atoms with E-state index in [2.05, 4.69) is 27.8 Å². The van der Waals surface area contributed by atoms with E-state index in [1.54, 1.807) is 0 Å². The average Bonchev–Trinajstić information content (AvgIpc) is 3.48. The van der Waals surface area contributed by atoms with Crippen LogP contribution in [0, 0.1) is 5.92 Å². The molecule has 164 valence electrons. The first-order chi connectivity index (χ1) is 15.7. The molecule has 2 aromatic carbocycles. The Bertz CT molecular complexity index is 1090. The summed E-state index contributed by atoms with van der Waals surface area (Å²) in [6, 6.07) is 20.1. The Hall–Kier alpha value is -3.48. The standard InChI is InChI=1S/C25H27N5O2/c31-22-13-20(16-29(22)15-18-7-3-1-4-8-18)14-26-25(32)23-24(21-11-12-21)30(28-27-23)17-19-9-5-2-6-10-19/h1-10,20-21H,11-17H2,(H,26,32). The highest BCUT2D eigenvalue weighted by Crippen LogP contribution is 2.41. The van der Waals surface area contributed by atoms with Crippen LogP contribution < -0.4 is 5.32 Å². The summed E-state index contributed by atoms with van der Waals surface area (Å²) in [6.07, 6.45) is 2.59. The predicted molar refractivity (Wildman–Crippen MR) is 120 cm³/mol. The molecular weight excluding hydrogens is 402 g/mol. The third-order valence-corrected chi connectivity index (χ3v) is 6.19. The van der Waals surface area contributed by atoms with E-state index in [-0.39, 0.29) is 17.7 Å². The number of amides is 2. The summed E-state index contributed by atoms with van der Waals surface area (Å²) in [7, 11) is 0. The summed E-state index contributed by atoms with van der Waals surface area (Å²) in [5.74, 6) is 0.406. The van der Waals surface area contributed by atoms with Crippen molar-refractivity contribution in [2.45, 2.75) is 38.3 Å². The highest BCUT2D eigenvalue weighted by atomic mass is 16.2. The van der Waals surface area contributed by atoms with Crippen molar-refractivity contribution in [3.63, 3.8) is 0 Å². The molecule has 0 bridgehead atoms. The zero-order chi connectivity index (χ0) is 21.9. The fourth-order valence-corrected chi connectivity index (χ4v) is 4.38. The third-order valence-electron chi connectivity index (χ3n) is 6.19. The van der Waals surface area contributed by atoms with Crippen molar-refractivity contribution in [3.05, 3.63) is 83.2 Å². The van der Waals surface area contributed by atoms with Gasteiger partial charge >= 0.3 is 0 Å². The zero-order valence-corrected chi connectivity index (χ0v) is 18.0. The Kier molecular flexibility index (Phi) is 5.71. The second kappa shape index (κ2) is 8.94. The van der Waals surface area contributed by atoms with Gasteiger partial charge in [-0.2, -0.15) is 0 Å². The molecular formula is C25H27N5O2. The maximum Gasteiger partial charge on any atom is 0.273 e. The van der Waals surface area contributed by atoms with Crippen LogP contribution in [0.25, 0.3) is 0 Å². The fraction of sp³-hybridized carbons (Fsp3) is 0.360. The van der Waals surface area contributed by atoms with E-state index in [4.69, 9.17) is 0 Å². The van der Waals surface area contributed by atoms with E-state index in [1.165, 1.54) is 0 Å². The van der Waals surface area contributed by atoms with Crippen LogP contribution in [-0.4, -0.2) is 44.8 Å². The summed E-state index contributed by atoms with van der Waals surface area (Å²) in [5, 5.41) is 11.5. The lowest BCUT2D eigenvalue weighted by Crippen LogP contribution is -2.32. The molecule has 1 saturated heterocycles. The zero-order valence-electron chi connectivity index (χ0n) is 18.0. The van der Waals surface area contributed by atoms with Crippen molar-refractivity contribution in [2.75, 3.05) is 13.1 Å². The molecule has 1 unspecified atom stereocenters. The Morgan fingerprint density at radius 3 is 2.28 bits per heavy atom. The number of carbonyl (C=O) groups is 2. The monoisotopic (exact) mass is 429 g/mol. The van der Waals surface area contributed by atoms with E-state index < -0.39 is 0 Å². The van der Waals surface area contributed by atoms with Gasteiger partial charge in [0.1, 0.15) is 0 Å². The molecule has 1 atom stereocenters. The third kappa shape index (κ3) is 4.56. The van der Waals surface area contributed by atoms with Gasteiger partial charge < -0.3 is 10.2 Å². The van der Waals surface area contributed by atoms with Gasteiger partial charge in [0.05, 0.1) is 12.2 Å². The van der Waals surface area contributed by atoms with Crippen LogP contribution in [0.1, 0.15) is 52.5 Å². The summed E-state index contributed by atoms with van der Waals surface area (Å²) in [4.78, 5) is 27.2.